The second-order valence-electron chi connectivity index (χ2n) is 8.14. The van der Waals surface area contributed by atoms with Crippen molar-refractivity contribution in [2.24, 2.45) is 5.92 Å². The Morgan fingerprint density at radius 2 is 1.77 bits per heavy atom. The number of hydrogen-bond donors (Lipinski definition) is 0. The zero-order chi connectivity index (χ0) is 21.1. The van der Waals surface area contributed by atoms with E-state index in [0.717, 1.165) is 12.0 Å². The number of carbonyl (C=O) groups excluding carboxylic acids is 3. The van der Waals surface area contributed by atoms with Crippen molar-refractivity contribution in [3.63, 3.8) is 0 Å². The van der Waals surface area contributed by atoms with Crippen LogP contribution in [0.3, 0.4) is 0 Å². The molecule has 0 bridgehead atoms. The first-order valence-electron chi connectivity index (χ1n) is 10.4. The number of aryl methyl sites for hydroxylation is 1. The average molecular weight is 426 g/mol. The van der Waals surface area contributed by atoms with Gasteiger partial charge >= 0.3 is 0 Å². The molecule has 2 aromatic rings. The van der Waals surface area contributed by atoms with Crippen molar-refractivity contribution in [2.75, 3.05) is 32.7 Å². The molecule has 2 aliphatic rings. The highest BCUT2D eigenvalue weighted by Crippen LogP contribution is 2.23. The number of likely N-dealkylation sites (tertiary alicyclic amines) is 1. The molecular weight excluding hydrogens is 398 g/mol. The van der Waals surface area contributed by atoms with Crippen LogP contribution in [0.5, 0.6) is 0 Å². The highest BCUT2D eigenvalue weighted by atomic mass is 32.1. The summed E-state index contributed by atoms with van der Waals surface area (Å²) >= 11 is 1.51. The van der Waals surface area contributed by atoms with Crippen LogP contribution in [0.2, 0.25) is 0 Å². The Labute approximate surface area is 181 Å². The molecule has 1 aromatic heterocycles. The molecule has 4 rings (SSSR count). The van der Waals surface area contributed by atoms with Crippen molar-refractivity contribution >= 4 is 29.1 Å². The number of carbonyl (C=O) groups is 3. The van der Waals surface area contributed by atoms with Crippen molar-refractivity contribution in [2.45, 2.75) is 26.3 Å². The summed E-state index contributed by atoms with van der Waals surface area (Å²) in [6.45, 7) is 5.41. The van der Waals surface area contributed by atoms with Crippen LogP contribution in [-0.2, 0) is 16.1 Å². The highest BCUT2D eigenvalue weighted by molar-refractivity contribution is 7.08. The predicted molar refractivity (Wildman–Crippen MR) is 116 cm³/mol. The normalized spacial score (nSPS) is 19.8. The maximum Gasteiger partial charge on any atom is 0.254 e. The van der Waals surface area contributed by atoms with E-state index < -0.39 is 0 Å². The third-order valence-electron chi connectivity index (χ3n) is 5.92. The maximum absolute atomic E-state index is 13.1. The van der Waals surface area contributed by atoms with Gasteiger partial charge in [0.2, 0.25) is 11.8 Å². The zero-order valence-corrected chi connectivity index (χ0v) is 18.1. The molecule has 3 heterocycles. The molecule has 1 aromatic carbocycles. The van der Waals surface area contributed by atoms with Gasteiger partial charge in [0.15, 0.2) is 0 Å². The molecule has 0 saturated carbocycles. The molecule has 2 aliphatic heterocycles. The Morgan fingerprint density at radius 1 is 1.03 bits per heavy atom. The number of benzene rings is 1. The fourth-order valence-electron chi connectivity index (χ4n) is 4.17. The fraction of sp³-hybridized carbons (Fsp3) is 0.435. The summed E-state index contributed by atoms with van der Waals surface area (Å²) in [5.74, 6) is -0.175. The lowest BCUT2D eigenvalue weighted by atomic mass is 10.1. The first kappa shape index (κ1) is 20.6. The summed E-state index contributed by atoms with van der Waals surface area (Å²) < 4.78 is 0. The second-order valence-corrected chi connectivity index (χ2v) is 8.92. The Hall–Kier alpha value is -2.67. The maximum atomic E-state index is 13.1. The van der Waals surface area contributed by atoms with Crippen LogP contribution in [0.15, 0.2) is 41.1 Å². The molecule has 2 saturated heterocycles. The molecular formula is C23H27N3O3S. The summed E-state index contributed by atoms with van der Waals surface area (Å²) in [4.78, 5) is 43.6. The van der Waals surface area contributed by atoms with Gasteiger partial charge in [0.1, 0.15) is 0 Å². The summed E-state index contributed by atoms with van der Waals surface area (Å²) in [6, 6.07) is 9.99. The van der Waals surface area contributed by atoms with E-state index in [0.29, 0.717) is 44.8 Å². The summed E-state index contributed by atoms with van der Waals surface area (Å²) in [7, 11) is 0. The molecule has 0 radical (unpaired) electrons. The van der Waals surface area contributed by atoms with E-state index in [1.165, 1.54) is 16.9 Å². The van der Waals surface area contributed by atoms with Gasteiger partial charge in [-0.2, -0.15) is 11.3 Å². The van der Waals surface area contributed by atoms with E-state index in [9.17, 15) is 14.4 Å². The molecule has 158 valence electrons. The number of nitrogens with zero attached hydrogens (tertiary/aromatic N) is 3. The van der Waals surface area contributed by atoms with Crippen LogP contribution in [0.1, 0.15) is 34.3 Å². The van der Waals surface area contributed by atoms with Crippen molar-refractivity contribution in [3.05, 3.63) is 57.8 Å². The SMILES string of the molecule is Cc1ccc(CN2CC(C(=O)N3CCCN(C(=O)c4ccsc4)CC3)CC2=O)cc1. The van der Waals surface area contributed by atoms with Crippen molar-refractivity contribution in [3.8, 4) is 0 Å². The fourth-order valence-corrected chi connectivity index (χ4v) is 4.80. The minimum absolute atomic E-state index is 0.0332. The van der Waals surface area contributed by atoms with Crippen molar-refractivity contribution in [1.29, 1.82) is 0 Å². The molecule has 3 amide bonds. The van der Waals surface area contributed by atoms with E-state index in [2.05, 4.69) is 0 Å². The molecule has 30 heavy (non-hydrogen) atoms. The summed E-state index contributed by atoms with van der Waals surface area (Å²) in [6.07, 6.45) is 1.04. The van der Waals surface area contributed by atoms with Gasteiger partial charge < -0.3 is 14.7 Å². The number of thiophene rings is 1. The lowest BCUT2D eigenvalue weighted by molar-refractivity contribution is -0.135. The third kappa shape index (κ3) is 4.56. The van der Waals surface area contributed by atoms with Gasteiger partial charge in [-0.1, -0.05) is 29.8 Å². The van der Waals surface area contributed by atoms with Gasteiger partial charge in [-0.25, -0.2) is 0 Å². The Morgan fingerprint density at radius 3 is 2.50 bits per heavy atom. The quantitative estimate of drug-likeness (QED) is 0.757. The molecule has 0 N–H and O–H groups in total. The van der Waals surface area contributed by atoms with Crippen LogP contribution < -0.4 is 0 Å². The molecule has 0 spiro atoms. The smallest absolute Gasteiger partial charge is 0.254 e. The Kier molecular flexibility index (Phi) is 6.18. The van der Waals surface area contributed by atoms with E-state index in [1.54, 1.807) is 4.90 Å². The third-order valence-corrected chi connectivity index (χ3v) is 6.60. The molecule has 6 nitrogen and oxygen atoms in total. The second kappa shape index (κ2) is 9.00. The van der Waals surface area contributed by atoms with Crippen LogP contribution >= 0.6 is 11.3 Å². The van der Waals surface area contributed by atoms with Gasteiger partial charge in [0.05, 0.1) is 11.5 Å². The topological polar surface area (TPSA) is 60.9 Å². The van der Waals surface area contributed by atoms with Crippen LogP contribution in [0, 0.1) is 12.8 Å². The minimum Gasteiger partial charge on any atom is -0.341 e. The Bertz CT molecular complexity index is 910. The minimum atomic E-state index is -0.290. The number of hydrogen-bond acceptors (Lipinski definition) is 4. The monoisotopic (exact) mass is 425 g/mol. The van der Waals surface area contributed by atoms with E-state index in [1.807, 2.05) is 57.8 Å². The van der Waals surface area contributed by atoms with E-state index in [4.69, 9.17) is 0 Å². The van der Waals surface area contributed by atoms with E-state index >= 15 is 0 Å². The zero-order valence-electron chi connectivity index (χ0n) is 17.3. The van der Waals surface area contributed by atoms with E-state index in [-0.39, 0.29) is 30.1 Å². The number of amides is 3. The standard InChI is InChI=1S/C23H27N3O3S/c1-17-3-5-18(6-4-17)14-26-15-20(13-21(26)27)23(29)25-9-2-8-24(10-11-25)22(28)19-7-12-30-16-19/h3-7,12,16,20H,2,8-11,13-15H2,1H3. The van der Waals surface area contributed by atoms with Crippen molar-refractivity contribution < 1.29 is 14.4 Å². The van der Waals surface area contributed by atoms with Crippen LogP contribution in [-0.4, -0.2) is 65.1 Å². The Balaban J connectivity index is 1.33. The average Bonchev–Trinajstić information content (AvgIpc) is 3.33. The van der Waals surface area contributed by atoms with Crippen LogP contribution in [0.4, 0.5) is 0 Å². The molecule has 1 atom stereocenters. The summed E-state index contributed by atoms with van der Waals surface area (Å²) in [5.41, 5.74) is 2.99. The molecule has 0 aliphatic carbocycles. The summed E-state index contributed by atoms with van der Waals surface area (Å²) in [5, 5.41) is 3.77. The lowest BCUT2D eigenvalue weighted by Gasteiger charge is -2.24. The van der Waals surface area contributed by atoms with Gasteiger partial charge in [0.25, 0.3) is 5.91 Å². The first-order chi connectivity index (χ1) is 14.5. The highest BCUT2D eigenvalue weighted by Gasteiger charge is 2.37. The first-order valence-corrected chi connectivity index (χ1v) is 11.4. The molecule has 1 unspecified atom stereocenters. The van der Waals surface area contributed by atoms with Gasteiger partial charge in [-0.15, -0.1) is 0 Å². The van der Waals surface area contributed by atoms with Crippen molar-refractivity contribution in [1.82, 2.24) is 14.7 Å². The lowest BCUT2D eigenvalue weighted by Crippen LogP contribution is -2.40. The van der Waals surface area contributed by atoms with Gasteiger partial charge in [-0.3, -0.25) is 14.4 Å². The van der Waals surface area contributed by atoms with Gasteiger partial charge in [-0.05, 0) is 30.4 Å². The predicted octanol–water partition coefficient (Wildman–Crippen LogP) is 2.78. The molecule has 2 fully saturated rings. The van der Waals surface area contributed by atoms with Crippen LogP contribution in [0.25, 0.3) is 0 Å². The largest absolute Gasteiger partial charge is 0.341 e. The van der Waals surface area contributed by atoms with Gasteiger partial charge in [0, 0.05) is 51.1 Å². The number of rotatable bonds is 4. The molecule has 7 heteroatoms.